The van der Waals surface area contributed by atoms with E-state index < -0.39 is 87.5 Å². The van der Waals surface area contributed by atoms with Crippen LogP contribution in [0.1, 0.15) is 64.7 Å². The summed E-state index contributed by atoms with van der Waals surface area (Å²) in [7, 11) is -5.15. The van der Waals surface area contributed by atoms with E-state index in [1.807, 2.05) is 4.72 Å². The Morgan fingerprint density at radius 3 is 2.21 bits per heavy atom. The van der Waals surface area contributed by atoms with Crippen molar-refractivity contribution >= 4 is 15.9 Å². The second-order valence-electron chi connectivity index (χ2n) is 11.9. The molecule has 3 aliphatic carbocycles. The first-order valence-electron chi connectivity index (χ1n) is 13.1. The van der Waals surface area contributed by atoms with E-state index in [2.05, 4.69) is 0 Å². The van der Waals surface area contributed by atoms with Crippen LogP contribution in [0.4, 0.5) is 30.7 Å². The van der Waals surface area contributed by atoms with Gasteiger partial charge in [0.1, 0.15) is 18.5 Å². The molecule has 1 amide bonds. The molecule has 4 fully saturated rings. The first-order chi connectivity index (χ1) is 17.6. The molecule has 2 N–H and O–H groups in total. The number of sulfonamides is 1. The lowest BCUT2D eigenvalue weighted by Crippen LogP contribution is -2.56. The molecule has 0 radical (unpaired) electrons. The molecule has 4 rings (SSSR count). The highest BCUT2D eigenvalue weighted by atomic mass is 32.2. The third kappa shape index (κ3) is 5.68. The van der Waals surface area contributed by atoms with Gasteiger partial charge in [0, 0.05) is 30.5 Å². The van der Waals surface area contributed by atoms with Gasteiger partial charge in [-0.15, -0.1) is 0 Å². The molecule has 0 aromatic rings. The summed E-state index contributed by atoms with van der Waals surface area (Å²) in [5, 5.41) is 10.2. The van der Waals surface area contributed by atoms with E-state index in [1.54, 1.807) is 0 Å². The monoisotopic (exact) mass is 580 g/mol. The molecular weight excluding hydrogens is 545 g/mol. The number of alkyl halides is 7. The standard InChI is InChI=1S/C24H35F7N2O4S/c1-23(35,20(28)29)21(34)33-11-24(5-6-24)19(32-38(36,37)22(30)31)17(33)9-12-3-2-4-16(18(12)27)13-7-14(25)10-15(26)8-13/h12-20,22,32,35H,2-11H2,1H3/t12?,13?,14?,15?,16?,17-,18?,19+,23?/m0/s1. The molecule has 0 aromatic carbocycles. The molecule has 6 nitrogen and oxygen atoms in total. The van der Waals surface area contributed by atoms with Crippen molar-refractivity contribution in [1.29, 1.82) is 0 Å². The zero-order valence-corrected chi connectivity index (χ0v) is 21.8. The predicted octanol–water partition coefficient (Wildman–Crippen LogP) is 4.12. The zero-order chi connectivity index (χ0) is 28.2. The van der Waals surface area contributed by atoms with E-state index in [-0.39, 0.29) is 38.6 Å². The first-order valence-corrected chi connectivity index (χ1v) is 14.7. The van der Waals surface area contributed by atoms with Crippen molar-refractivity contribution in [3.05, 3.63) is 0 Å². The molecule has 8 atom stereocenters. The van der Waals surface area contributed by atoms with Crippen LogP contribution >= 0.6 is 0 Å². The van der Waals surface area contributed by atoms with Crippen molar-refractivity contribution in [3.8, 4) is 0 Å². The highest BCUT2D eigenvalue weighted by molar-refractivity contribution is 7.89. The number of carbonyl (C=O) groups excluding carboxylic acids is 1. The summed E-state index contributed by atoms with van der Waals surface area (Å²) >= 11 is 0. The number of nitrogens with zero attached hydrogens (tertiary/aromatic N) is 1. The molecule has 14 heteroatoms. The van der Waals surface area contributed by atoms with E-state index in [4.69, 9.17) is 0 Å². The van der Waals surface area contributed by atoms with Crippen LogP contribution in [-0.4, -0.2) is 79.3 Å². The number of carbonyl (C=O) groups is 1. The highest BCUT2D eigenvalue weighted by Crippen LogP contribution is 2.57. The molecule has 220 valence electrons. The van der Waals surface area contributed by atoms with Gasteiger partial charge in [0.25, 0.3) is 22.4 Å². The minimum atomic E-state index is -5.15. The third-order valence-electron chi connectivity index (χ3n) is 9.22. The number of hydrogen-bond acceptors (Lipinski definition) is 4. The average Bonchev–Trinajstić information content (AvgIpc) is 3.54. The van der Waals surface area contributed by atoms with Crippen LogP contribution in [0.5, 0.6) is 0 Å². The molecule has 1 spiro atoms. The lowest BCUT2D eigenvalue weighted by Gasteiger charge is -2.43. The van der Waals surface area contributed by atoms with Crippen LogP contribution in [0.15, 0.2) is 0 Å². The third-order valence-corrected chi connectivity index (χ3v) is 10.3. The van der Waals surface area contributed by atoms with Crippen molar-refractivity contribution in [1.82, 2.24) is 9.62 Å². The molecule has 0 aromatic heterocycles. The molecule has 38 heavy (non-hydrogen) atoms. The van der Waals surface area contributed by atoms with Gasteiger partial charge in [0.2, 0.25) is 5.60 Å². The fourth-order valence-electron chi connectivity index (χ4n) is 6.98. The number of amides is 1. The molecule has 4 aliphatic rings. The van der Waals surface area contributed by atoms with E-state index >= 15 is 4.39 Å². The largest absolute Gasteiger partial charge is 0.375 e. The van der Waals surface area contributed by atoms with Gasteiger partial charge in [-0.05, 0) is 69.6 Å². The van der Waals surface area contributed by atoms with Gasteiger partial charge in [0.15, 0.2) is 0 Å². The Balaban J connectivity index is 1.62. The first kappa shape index (κ1) is 29.8. The summed E-state index contributed by atoms with van der Waals surface area (Å²) in [4.78, 5) is 14.0. The lowest BCUT2D eigenvalue weighted by molar-refractivity contribution is -0.167. The summed E-state index contributed by atoms with van der Waals surface area (Å²) in [6.45, 7) is 0.365. The van der Waals surface area contributed by atoms with Crippen LogP contribution in [0.25, 0.3) is 0 Å². The van der Waals surface area contributed by atoms with Gasteiger partial charge in [0.05, 0.1) is 0 Å². The average molecular weight is 581 g/mol. The van der Waals surface area contributed by atoms with E-state index in [1.165, 1.54) is 0 Å². The van der Waals surface area contributed by atoms with Gasteiger partial charge in [-0.3, -0.25) is 4.79 Å². The summed E-state index contributed by atoms with van der Waals surface area (Å²) in [6.07, 6.45) is -6.44. The van der Waals surface area contributed by atoms with E-state index in [0.717, 1.165) is 4.90 Å². The smallest absolute Gasteiger partial charge is 0.350 e. The fraction of sp³-hybridized carbons (Fsp3) is 0.958. The number of rotatable bonds is 8. The maximum absolute atomic E-state index is 15.9. The van der Waals surface area contributed by atoms with Gasteiger partial charge in [-0.25, -0.2) is 35.1 Å². The van der Waals surface area contributed by atoms with Crippen LogP contribution in [0, 0.1) is 23.2 Å². The summed E-state index contributed by atoms with van der Waals surface area (Å²) in [6, 6.07) is -2.55. The van der Waals surface area contributed by atoms with Crippen LogP contribution in [0.3, 0.4) is 0 Å². The van der Waals surface area contributed by atoms with Gasteiger partial charge < -0.3 is 10.0 Å². The predicted molar refractivity (Wildman–Crippen MR) is 123 cm³/mol. The topological polar surface area (TPSA) is 86.7 Å². The van der Waals surface area contributed by atoms with Crippen molar-refractivity contribution in [2.45, 2.75) is 113 Å². The second kappa shape index (κ2) is 10.7. The Kier molecular flexibility index (Phi) is 8.38. The number of nitrogens with one attached hydrogen (secondary N) is 1. The van der Waals surface area contributed by atoms with Crippen LogP contribution in [0.2, 0.25) is 0 Å². The van der Waals surface area contributed by atoms with Gasteiger partial charge >= 0.3 is 5.76 Å². The Bertz CT molecular complexity index is 971. The molecular formula is C24H35F7N2O4S. The minimum absolute atomic E-state index is 0.0173. The maximum atomic E-state index is 15.9. The number of hydrogen-bond donors (Lipinski definition) is 2. The molecule has 6 unspecified atom stereocenters. The molecule has 0 bridgehead atoms. The minimum Gasteiger partial charge on any atom is -0.375 e. The Morgan fingerprint density at radius 2 is 1.68 bits per heavy atom. The SMILES string of the molecule is CC(O)(C(=O)N1CC2(CC2)[C@H](NS(=O)(=O)C(F)F)[C@@H]1CC1CCCC(C2CC(F)CC(F)C2)C1F)C(F)F. The molecule has 1 aliphatic heterocycles. The highest BCUT2D eigenvalue weighted by Gasteiger charge is 2.64. The van der Waals surface area contributed by atoms with Crippen molar-refractivity contribution in [2.24, 2.45) is 23.2 Å². The summed E-state index contributed by atoms with van der Waals surface area (Å²) < 4.78 is 124. The lowest BCUT2D eigenvalue weighted by atomic mass is 9.67. The van der Waals surface area contributed by atoms with Crippen LogP contribution < -0.4 is 4.72 Å². The van der Waals surface area contributed by atoms with Crippen LogP contribution in [-0.2, 0) is 14.8 Å². The fourth-order valence-corrected chi connectivity index (χ4v) is 7.85. The number of likely N-dealkylation sites (tertiary alicyclic amines) is 1. The Hall–Kier alpha value is -1.15. The van der Waals surface area contributed by atoms with Crippen molar-refractivity contribution in [2.75, 3.05) is 6.54 Å². The Morgan fingerprint density at radius 1 is 1.08 bits per heavy atom. The summed E-state index contributed by atoms with van der Waals surface area (Å²) in [5.74, 6) is -7.22. The normalized spacial score (nSPS) is 39.1. The maximum Gasteiger partial charge on any atom is 0.350 e. The van der Waals surface area contributed by atoms with Gasteiger partial charge in [-0.1, -0.05) is 6.42 Å². The Labute approximate surface area is 217 Å². The van der Waals surface area contributed by atoms with E-state index in [0.29, 0.717) is 32.6 Å². The van der Waals surface area contributed by atoms with E-state index in [9.17, 15) is 44.7 Å². The molecule has 1 saturated heterocycles. The second-order valence-corrected chi connectivity index (χ2v) is 13.6. The summed E-state index contributed by atoms with van der Waals surface area (Å²) in [5.41, 5.74) is -4.12. The zero-order valence-electron chi connectivity index (χ0n) is 21.0. The van der Waals surface area contributed by atoms with Gasteiger partial charge in [-0.2, -0.15) is 8.78 Å². The molecule has 3 saturated carbocycles. The molecule has 1 heterocycles. The van der Waals surface area contributed by atoms with Crippen molar-refractivity contribution in [3.63, 3.8) is 0 Å². The van der Waals surface area contributed by atoms with Crippen molar-refractivity contribution < 1.29 is 49.1 Å². The number of halogens is 7. The quantitative estimate of drug-likeness (QED) is 0.423. The number of aliphatic hydroxyl groups is 1.